The molecular weight excluding hydrogens is 454 g/mol. The summed E-state index contributed by atoms with van der Waals surface area (Å²) in [4.78, 5) is 19.9. The number of halogens is 2. The first-order valence-corrected chi connectivity index (χ1v) is 12.4. The highest BCUT2D eigenvalue weighted by atomic mass is 19.3. The molecule has 1 saturated heterocycles. The van der Waals surface area contributed by atoms with Crippen molar-refractivity contribution in [1.82, 2.24) is 29.7 Å². The number of amides is 1. The molecule has 1 saturated carbocycles. The van der Waals surface area contributed by atoms with Gasteiger partial charge in [0.25, 0.3) is 12.3 Å². The van der Waals surface area contributed by atoms with Gasteiger partial charge in [0.15, 0.2) is 11.3 Å². The lowest BCUT2D eigenvalue weighted by Crippen LogP contribution is -2.43. The van der Waals surface area contributed by atoms with Gasteiger partial charge in [-0.15, -0.1) is 0 Å². The fourth-order valence-corrected chi connectivity index (χ4v) is 5.16. The number of hydrogen-bond acceptors (Lipinski definition) is 6. The summed E-state index contributed by atoms with van der Waals surface area (Å²) in [6.07, 6.45) is 5.83. The standard InChI is InChI=1S/C24H32F2N8O.2H2/c1-15(2)16-3-5-17(6-4-16)34-14-19(21(31-34)22(25)26)29-24(35)18-13-28-33-10-7-20(30-23(18)33)32-11-8-27-9-12-32;;/h7,10,13-17,22,27H,3-6,8-9,11-12H2,1-2H3,(H,29,35);2*1H. The largest absolute Gasteiger partial charge is 0.354 e. The second-order valence-electron chi connectivity index (χ2n) is 9.82. The maximum atomic E-state index is 13.8. The molecule has 1 aliphatic heterocycles. The predicted octanol–water partition coefficient (Wildman–Crippen LogP) is 4.40. The van der Waals surface area contributed by atoms with E-state index in [0.717, 1.165) is 57.7 Å². The molecule has 9 nitrogen and oxygen atoms in total. The monoisotopic (exact) mass is 490 g/mol. The van der Waals surface area contributed by atoms with E-state index in [1.165, 1.54) is 10.7 Å². The lowest BCUT2D eigenvalue weighted by molar-refractivity contribution is 0.102. The number of anilines is 2. The van der Waals surface area contributed by atoms with E-state index in [4.69, 9.17) is 0 Å². The van der Waals surface area contributed by atoms with Gasteiger partial charge in [0, 0.05) is 41.4 Å². The third kappa shape index (κ3) is 4.86. The number of fused-ring (bicyclic) bond motifs is 1. The molecule has 0 radical (unpaired) electrons. The fraction of sp³-hybridized carbons (Fsp3) is 0.583. The third-order valence-electron chi connectivity index (χ3n) is 7.31. The SMILES string of the molecule is CC(C)C1CCC(n2cc(NC(=O)c3cnn4ccc(N5CCNCC5)nc34)c(C(F)F)n2)CC1.[HH].[HH]. The van der Waals surface area contributed by atoms with Crippen molar-refractivity contribution in [2.45, 2.75) is 52.0 Å². The summed E-state index contributed by atoms with van der Waals surface area (Å²) in [5.74, 6) is 1.50. The number of carbonyl (C=O) groups is 1. The Labute approximate surface area is 205 Å². The van der Waals surface area contributed by atoms with E-state index in [2.05, 4.69) is 44.6 Å². The molecule has 2 aliphatic rings. The van der Waals surface area contributed by atoms with Gasteiger partial charge in [-0.25, -0.2) is 18.3 Å². The number of aromatic nitrogens is 5. The highest BCUT2D eigenvalue weighted by molar-refractivity contribution is 6.08. The zero-order valence-corrected chi connectivity index (χ0v) is 20.1. The molecule has 35 heavy (non-hydrogen) atoms. The highest BCUT2D eigenvalue weighted by Gasteiger charge is 2.28. The van der Waals surface area contributed by atoms with Crippen LogP contribution in [0.3, 0.4) is 0 Å². The van der Waals surface area contributed by atoms with Crippen LogP contribution in [-0.2, 0) is 0 Å². The third-order valence-corrected chi connectivity index (χ3v) is 7.31. The molecule has 1 aliphatic carbocycles. The van der Waals surface area contributed by atoms with E-state index in [0.29, 0.717) is 17.5 Å². The highest BCUT2D eigenvalue weighted by Crippen LogP contribution is 2.37. The number of nitrogens with zero attached hydrogens (tertiary/aromatic N) is 6. The normalized spacial score (nSPS) is 21.3. The van der Waals surface area contributed by atoms with Gasteiger partial charge in [-0.1, -0.05) is 13.8 Å². The Balaban J connectivity index is 0.00000190. The van der Waals surface area contributed by atoms with Gasteiger partial charge in [-0.05, 0) is 43.6 Å². The summed E-state index contributed by atoms with van der Waals surface area (Å²) in [5, 5.41) is 14.3. The average molecular weight is 491 g/mol. The molecule has 3 aromatic rings. The van der Waals surface area contributed by atoms with Gasteiger partial charge in [0.05, 0.1) is 17.9 Å². The first kappa shape index (κ1) is 23.7. The van der Waals surface area contributed by atoms with Crippen LogP contribution in [0, 0.1) is 11.8 Å². The van der Waals surface area contributed by atoms with Crippen molar-refractivity contribution in [2.24, 2.45) is 11.8 Å². The Bertz CT molecular complexity index is 1190. The number of hydrogen-bond donors (Lipinski definition) is 2. The van der Waals surface area contributed by atoms with E-state index < -0.39 is 18.0 Å². The van der Waals surface area contributed by atoms with Gasteiger partial charge in [-0.2, -0.15) is 10.2 Å². The van der Waals surface area contributed by atoms with Crippen LogP contribution in [0.25, 0.3) is 5.65 Å². The van der Waals surface area contributed by atoms with Crippen LogP contribution in [0.2, 0.25) is 0 Å². The number of piperazine rings is 1. The molecule has 2 N–H and O–H groups in total. The quantitative estimate of drug-likeness (QED) is 0.532. The molecule has 0 aromatic carbocycles. The summed E-state index contributed by atoms with van der Waals surface area (Å²) in [5.41, 5.74) is 0.243. The molecule has 11 heteroatoms. The maximum absolute atomic E-state index is 13.8. The van der Waals surface area contributed by atoms with Crippen LogP contribution in [0.4, 0.5) is 20.3 Å². The van der Waals surface area contributed by atoms with Crippen molar-refractivity contribution in [2.75, 3.05) is 36.4 Å². The average Bonchev–Trinajstić information content (AvgIpc) is 3.49. The first-order valence-electron chi connectivity index (χ1n) is 12.4. The van der Waals surface area contributed by atoms with Crippen LogP contribution in [-0.4, -0.2) is 56.5 Å². The minimum atomic E-state index is -2.79. The van der Waals surface area contributed by atoms with Crippen molar-refractivity contribution in [3.8, 4) is 0 Å². The number of nitrogens with one attached hydrogen (secondary N) is 2. The number of alkyl halides is 2. The second kappa shape index (κ2) is 9.88. The van der Waals surface area contributed by atoms with Crippen molar-refractivity contribution in [3.05, 3.63) is 35.9 Å². The van der Waals surface area contributed by atoms with Crippen LogP contribution in [0.15, 0.2) is 24.7 Å². The molecule has 0 atom stereocenters. The smallest absolute Gasteiger partial charge is 0.284 e. The first-order chi connectivity index (χ1) is 16.9. The second-order valence-corrected chi connectivity index (χ2v) is 9.82. The molecule has 0 bridgehead atoms. The summed E-state index contributed by atoms with van der Waals surface area (Å²) in [7, 11) is 0. The molecule has 3 aromatic heterocycles. The molecule has 0 unspecified atom stereocenters. The molecule has 0 spiro atoms. The molecule has 5 rings (SSSR count). The summed E-state index contributed by atoms with van der Waals surface area (Å²) in [6.45, 7) is 7.80. The van der Waals surface area contributed by atoms with Crippen LogP contribution in [0.1, 0.15) is 70.9 Å². The van der Waals surface area contributed by atoms with E-state index in [1.54, 1.807) is 17.1 Å². The van der Waals surface area contributed by atoms with Crippen LogP contribution in [0.5, 0.6) is 0 Å². The Kier molecular flexibility index (Phi) is 6.68. The molecular formula is C24H36F2N8O. The lowest BCUT2D eigenvalue weighted by Gasteiger charge is -2.30. The van der Waals surface area contributed by atoms with E-state index >= 15 is 0 Å². The van der Waals surface area contributed by atoms with Crippen LogP contribution >= 0.6 is 0 Å². The van der Waals surface area contributed by atoms with Gasteiger partial charge in [0.2, 0.25) is 0 Å². The summed E-state index contributed by atoms with van der Waals surface area (Å²) < 4.78 is 30.8. The zero-order chi connectivity index (χ0) is 24.5. The Morgan fingerprint density at radius 2 is 1.94 bits per heavy atom. The fourth-order valence-electron chi connectivity index (χ4n) is 5.16. The van der Waals surface area contributed by atoms with Gasteiger partial charge < -0.3 is 15.5 Å². The lowest BCUT2D eigenvalue weighted by atomic mass is 9.80. The Hall–Kier alpha value is -3.08. The van der Waals surface area contributed by atoms with Crippen molar-refractivity contribution in [3.63, 3.8) is 0 Å². The molecule has 4 heterocycles. The minimum Gasteiger partial charge on any atom is -0.354 e. The Morgan fingerprint density at radius 1 is 1.20 bits per heavy atom. The Morgan fingerprint density at radius 3 is 2.63 bits per heavy atom. The van der Waals surface area contributed by atoms with E-state index in [1.807, 2.05) is 6.07 Å². The maximum Gasteiger partial charge on any atom is 0.284 e. The van der Waals surface area contributed by atoms with Crippen molar-refractivity contribution >= 4 is 23.1 Å². The minimum absolute atomic E-state index is 0. The van der Waals surface area contributed by atoms with Gasteiger partial charge in [0.1, 0.15) is 11.4 Å². The molecule has 2 fully saturated rings. The van der Waals surface area contributed by atoms with E-state index in [9.17, 15) is 13.6 Å². The topological polar surface area (TPSA) is 92.4 Å². The van der Waals surface area contributed by atoms with Gasteiger partial charge in [-0.3, -0.25) is 9.48 Å². The summed E-state index contributed by atoms with van der Waals surface area (Å²) in [6, 6.07) is 1.92. The predicted molar refractivity (Wildman–Crippen MR) is 133 cm³/mol. The molecule has 192 valence electrons. The van der Waals surface area contributed by atoms with Crippen molar-refractivity contribution in [1.29, 1.82) is 0 Å². The van der Waals surface area contributed by atoms with Crippen LogP contribution < -0.4 is 15.5 Å². The molecule has 1 amide bonds. The van der Waals surface area contributed by atoms with Crippen molar-refractivity contribution < 1.29 is 16.4 Å². The van der Waals surface area contributed by atoms with Gasteiger partial charge >= 0.3 is 0 Å². The summed E-state index contributed by atoms with van der Waals surface area (Å²) >= 11 is 0. The number of carbonyl (C=O) groups excluding carboxylic acids is 1. The zero-order valence-electron chi connectivity index (χ0n) is 20.1. The van der Waals surface area contributed by atoms with E-state index in [-0.39, 0.29) is 20.1 Å². The number of rotatable bonds is 6.